The number of aliphatic hydroxyl groups is 1. The van der Waals surface area contributed by atoms with Crippen LogP contribution in [0.25, 0.3) is 0 Å². The lowest BCUT2D eigenvalue weighted by Gasteiger charge is -2.42. The molecule has 0 amide bonds. The Morgan fingerprint density at radius 2 is 2.41 bits per heavy atom. The van der Waals surface area contributed by atoms with Gasteiger partial charge < -0.3 is 10.4 Å². The van der Waals surface area contributed by atoms with Crippen LogP contribution in [-0.2, 0) is 0 Å². The molecule has 1 heterocycles. The largest absolute Gasteiger partial charge is 0.394 e. The van der Waals surface area contributed by atoms with E-state index in [0.717, 1.165) is 23.6 Å². The number of hydrogen-bond acceptors (Lipinski definition) is 3. The van der Waals surface area contributed by atoms with Gasteiger partial charge in [0.25, 0.3) is 0 Å². The van der Waals surface area contributed by atoms with E-state index in [1.807, 2.05) is 36.0 Å². The SMILES string of the molecule is CC1SCCCC1(CO)Nc1cccc(Cl)c1. The number of aliphatic hydroxyl groups excluding tert-OH is 1. The summed E-state index contributed by atoms with van der Waals surface area (Å²) in [4.78, 5) is 0. The average Bonchev–Trinajstić information content (AvgIpc) is 2.32. The number of halogens is 1. The van der Waals surface area contributed by atoms with Gasteiger partial charge in [-0.05, 0) is 36.8 Å². The van der Waals surface area contributed by atoms with Crippen LogP contribution in [0, 0.1) is 0 Å². The molecule has 1 fully saturated rings. The number of hydrogen-bond donors (Lipinski definition) is 2. The highest BCUT2D eigenvalue weighted by molar-refractivity contribution is 8.00. The van der Waals surface area contributed by atoms with E-state index in [2.05, 4.69) is 12.2 Å². The van der Waals surface area contributed by atoms with Gasteiger partial charge in [-0.1, -0.05) is 24.6 Å². The van der Waals surface area contributed by atoms with Crippen molar-refractivity contribution in [2.75, 3.05) is 17.7 Å². The fourth-order valence-corrected chi connectivity index (χ4v) is 3.70. The highest BCUT2D eigenvalue weighted by Gasteiger charge is 2.38. The Bertz CT molecular complexity index is 387. The van der Waals surface area contributed by atoms with E-state index >= 15 is 0 Å². The molecule has 1 aromatic rings. The van der Waals surface area contributed by atoms with Crippen LogP contribution >= 0.6 is 23.4 Å². The van der Waals surface area contributed by atoms with E-state index in [9.17, 15) is 5.11 Å². The Hall–Kier alpha value is -0.380. The smallest absolute Gasteiger partial charge is 0.0719 e. The zero-order chi connectivity index (χ0) is 12.3. The Labute approximate surface area is 112 Å². The van der Waals surface area contributed by atoms with Crippen LogP contribution in [0.1, 0.15) is 19.8 Å². The second-order valence-corrected chi connectivity index (χ2v) is 6.45. The monoisotopic (exact) mass is 271 g/mol. The van der Waals surface area contributed by atoms with Crippen LogP contribution < -0.4 is 5.32 Å². The lowest BCUT2D eigenvalue weighted by atomic mass is 9.90. The van der Waals surface area contributed by atoms with Gasteiger partial charge in [0.15, 0.2) is 0 Å². The van der Waals surface area contributed by atoms with Gasteiger partial charge in [-0.2, -0.15) is 11.8 Å². The number of anilines is 1. The van der Waals surface area contributed by atoms with Gasteiger partial charge in [-0.3, -0.25) is 0 Å². The first-order chi connectivity index (χ1) is 8.16. The second kappa shape index (κ2) is 5.51. The summed E-state index contributed by atoms with van der Waals surface area (Å²) in [6, 6.07) is 7.69. The summed E-state index contributed by atoms with van der Waals surface area (Å²) in [7, 11) is 0. The van der Waals surface area contributed by atoms with E-state index in [1.165, 1.54) is 5.75 Å². The maximum Gasteiger partial charge on any atom is 0.0719 e. The molecule has 0 saturated carbocycles. The number of benzene rings is 1. The van der Waals surface area contributed by atoms with Crippen LogP contribution in [0.3, 0.4) is 0 Å². The van der Waals surface area contributed by atoms with Crippen molar-refractivity contribution in [3.63, 3.8) is 0 Å². The summed E-state index contributed by atoms with van der Waals surface area (Å²) in [5, 5.41) is 14.3. The van der Waals surface area contributed by atoms with Crippen LogP contribution in [0.4, 0.5) is 5.69 Å². The molecule has 2 rings (SSSR count). The first-order valence-corrected chi connectivity index (χ1v) is 7.35. The molecule has 2 nitrogen and oxygen atoms in total. The van der Waals surface area contributed by atoms with Gasteiger partial charge in [0, 0.05) is 16.0 Å². The quantitative estimate of drug-likeness (QED) is 0.884. The lowest BCUT2D eigenvalue weighted by Crippen LogP contribution is -2.51. The molecule has 0 spiro atoms. The second-order valence-electron chi connectivity index (χ2n) is 4.57. The molecule has 0 radical (unpaired) electrons. The molecule has 0 bridgehead atoms. The number of rotatable bonds is 3. The summed E-state index contributed by atoms with van der Waals surface area (Å²) in [5.41, 5.74) is 0.772. The zero-order valence-corrected chi connectivity index (χ0v) is 11.5. The van der Waals surface area contributed by atoms with E-state index < -0.39 is 0 Å². The molecule has 2 atom stereocenters. The van der Waals surface area contributed by atoms with Crippen molar-refractivity contribution in [1.82, 2.24) is 0 Å². The fraction of sp³-hybridized carbons (Fsp3) is 0.538. The highest BCUT2D eigenvalue weighted by Crippen LogP contribution is 2.36. The molecule has 0 aliphatic carbocycles. The summed E-state index contributed by atoms with van der Waals surface area (Å²) in [6.45, 7) is 2.34. The molecule has 0 aromatic heterocycles. The van der Waals surface area contributed by atoms with Crippen LogP contribution in [0.15, 0.2) is 24.3 Å². The molecular weight excluding hydrogens is 254 g/mol. The van der Waals surface area contributed by atoms with E-state index in [-0.39, 0.29) is 12.1 Å². The Morgan fingerprint density at radius 1 is 1.59 bits per heavy atom. The number of nitrogens with one attached hydrogen (secondary N) is 1. The zero-order valence-electron chi connectivity index (χ0n) is 9.95. The molecule has 1 saturated heterocycles. The van der Waals surface area contributed by atoms with Gasteiger partial charge in [0.2, 0.25) is 0 Å². The van der Waals surface area contributed by atoms with Crippen molar-refractivity contribution in [3.05, 3.63) is 29.3 Å². The Kier molecular flexibility index (Phi) is 4.23. The van der Waals surface area contributed by atoms with Gasteiger partial charge in [-0.25, -0.2) is 0 Å². The fourth-order valence-electron chi connectivity index (χ4n) is 2.28. The topological polar surface area (TPSA) is 32.3 Å². The van der Waals surface area contributed by atoms with Crippen molar-refractivity contribution < 1.29 is 5.11 Å². The van der Waals surface area contributed by atoms with Crippen molar-refractivity contribution in [3.8, 4) is 0 Å². The predicted octanol–water partition coefficient (Wildman–Crippen LogP) is 3.40. The highest BCUT2D eigenvalue weighted by atomic mass is 35.5. The number of thioether (sulfide) groups is 1. The molecule has 1 aliphatic heterocycles. The maximum absolute atomic E-state index is 9.73. The lowest BCUT2D eigenvalue weighted by molar-refractivity contribution is 0.198. The van der Waals surface area contributed by atoms with Gasteiger partial charge in [-0.15, -0.1) is 0 Å². The van der Waals surface area contributed by atoms with Crippen molar-refractivity contribution in [2.45, 2.75) is 30.6 Å². The van der Waals surface area contributed by atoms with Crippen LogP contribution in [0.5, 0.6) is 0 Å². The minimum atomic E-state index is -0.215. The Balaban J connectivity index is 2.18. The summed E-state index contributed by atoms with van der Waals surface area (Å²) in [6.07, 6.45) is 2.15. The first-order valence-electron chi connectivity index (χ1n) is 5.92. The summed E-state index contributed by atoms with van der Waals surface area (Å²) >= 11 is 7.90. The molecule has 2 unspecified atom stereocenters. The minimum absolute atomic E-state index is 0.160. The van der Waals surface area contributed by atoms with Crippen LogP contribution in [-0.4, -0.2) is 28.3 Å². The van der Waals surface area contributed by atoms with Gasteiger partial charge >= 0.3 is 0 Å². The molecule has 94 valence electrons. The Morgan fingerprint density at radius 3 is 3.06 bits per heavy atom. The molecule has 2 N–H and O–H groups in total. The predicted molar refractivity (Wildman–Crippen MR) is 76.0 cm³/mol. The van der Waals surface area contributed by atoms with E-state index in [0.29, 0.717) is 5.25 Å². The van der Waals surface area contributed by atoms with Crippen molar-refractivity contribution in [2.24, 2.45) is 0 Å². The molecular formula is C13H18ClNOS. The van der Waals surface area contributed by atoms with Gasteiger partial charge in [0.1, 0.15) is 0 Å². The van der Waals surface area contributed by atoms with Crippen molar-refractivity contribution in [1.29, 1.82) is 0 Å². The molecule has 1 aromatic carbocycles. The van der Waals surface area contributed by atoms with E-state index in [1.54, 1.807) is 0 Å². The third-order valence-electron chi connectivity index (χ3n) is 3.41. The molecule has 4 heteroatoms. The van der Waals surface area contributed by atoms with Crippen molar-refractivity contribution >= 4 is 29.1 Å². The van der Waals surface area contributed by atoms with Gasteiger partial charge in [0.05, 0.1) is 12.1 Å². The third-order valence-corrected chi connectivity index (χ3v) is 5.12. The summed E-state index contributed by atoms with van der Waals surface area (Å²) < 4.78 is 0. The standard InChI is InChI=1S/C13H18ClNOS/c1-10-13(9-16,6-3-7-17-10)15-12-5-2-4-11(14)8-12/h2,4-5,8,10,15-16H,3,6-7,9H2,1H3. The average molecular weight is 272 g/mol. The first kappa shape index (κ1) is 13.1. The maximum atomic E-state index is 9.73. The minimum Gasteiger partial charge on any atom is -0.394 e. The normalized spacial score (nSPS) is 29.0. The van der Waals surface area contributed by atoms with Crippen LogP contribution in [0.2, 0.25) is 5.02 Å². The molecule has 1 aliphatic rings. The third kappa shape index (κ3) is 2.90. The van der Waals surface area contributed by atoms with E-state index in [4.69, 9.17) is 11.6 Å². The summed E-state index contributed by atoms with van der Waals surface area (Å²) in [5.74, 6) is 1.18. The molecule has 17 heavy (non-hydrogen) atoms.